The lowest BCUT2D eigenvalue weighted by Gasteiger charge is -2.17. The minimum absolute atomic E-state index is 0.287. The summed E-state index contributed by atoms with van der Waals surface area (Å²) in [5.41, 5.74) is -0.620. The van der Waals surface area contributed by atoms with Crippen LogP contribution in [0.5, 0.6) is 17.2 Å². The first kappa shape index (κ1) is 10.2. The molecular weight excluding hydrogens is 182 g/mol. The van der Waals surface area contributed by atoms with E-state index in [2.05, 4.69) is 0 Å². The van der Waals surface area contributed by atoms with Crippen LogP contribution in [0, 0.1) is 11.3 Å². The Balaban J connectivity index is 3.41. The Morgan fingerprint density at radius 2 is 1.71 bits per heavy atom. The van der Waals surface area contributed by atoms with E-state index in [1.165, 1.54) is 12.1 Å². The van der Waals surface area contributed by atoms with Crippen LogP contribution in [0.3, 0.4) is 0 Å². The van der Waals surface area contributed by atoms with Crippen LogP contribution < -0.4 is 0 Å². The number of phenols is 3. The highest BCUT2D eigenvalue weighted by molar-refractivity contribution is 5.56. The lowest BCUT2D eigenvalue weighted by atomic mass is 9.85. The molecule has 0 aliphatic heterocycles. The Morgan fingerprint density at radius 3 is 2.21 bits per heavy atom. The summed E-state index contributed by atoms with van der Waals surface area (Å²) in [5.74, 6) is -1.44. The molecule has 0 bridgehead atoms. The van der Waals surface area contributed by atoms with Crippen molar-refractivity contribution in [1.82, 2.24) is 0 Å². The van der Waals surface area contributed by atoms with Crippen molar-refractivity contribution in [2.75, 3.05) is 0 Å². The largest absolute Gasteiger partial charge is 0.504 e. The third-order valence-electron chi connectivity index (χ3n) is 2.08. The number of phenolic OH excluding ortho intramolecular Hbond substituents is 3. The SMILES string of the molecule is CC(C)(C#N)c1ccc(O)c(O)c1O. The van der Waals surface area contributed by atoms with Crippen molar-refractivity contribution in [3.63, 3.8) is 0 Å². The number of rotatable bonds is 1. The normalized spacial score (nSPS) is 10.9. The second kappa shape index (κ2) is 3.11. The van der Waals surface area contributed by atoms with Crippen molar-refractivity contribution in [3.05, 3.63) is 17.7 Å². The van der Waals surface area contributed by atoms with Gasteiger partial charge < -0.3 is 15.3 Å². The topological polar surface area (TPSA) is 84.5 Å². The fourth-order valence-corrected chi connectivity index (χ4v) is 1.13. The number of nitriles is 1. The van der Waals surface area contributed by atoms with Gasteiger partial charge in [0, 0.05) is 5.56 Å². The maximum atomic E-state index is 9.48. The quantitative estimate of drug-likeness (QED) is 0.591. The minimum Gasteiger partial charge on any atom is -0.504 e. The van der Waals surface area contributed by atoms with Crippen molar-refractivity contribution >= 4 is 0 Å². The van der Waals surface area contributed by atoms with E-state index in [1.807, 2.05) is 6.07 Å². The molecule has 0 unspecified atom stereocenters. The summed E-state index contributed by atoms with van der Waals surface area (Å²) in [7, 11) is 0. The van der Waals surface area contributed by atoms with E-state index in [0.29, 0.717) is 0 Å². The van der Waals surface area contributed by atoms with Crippen molar-refractivity contribution in [1.29, 1.82) is 5.26 Å². The number of aromatic hydroxyl groups is 3. The summed E-state index contributed by atoms with van der Waals surface area (Å²) in [6.07, 6.45) is 0. The molecule has 4 heteroatoms. The Labute approximate surface area is 81.7 Å². The van der Waals surface area contributed by atoms with Gasteiger partial charge in [-0.3, -0.25) is 0 Å². The Kier molecular flexibility index (Phi) is 2.26. The molecule has 0 aliphatic carbocycles. The zero-order chi connectivity index (χ0) is 10.9. The molecule has 0 heterocycles. The molecule has 4 nitrogen and oxygen atoms in total. The second-order valence-electron chi connectivity index (χ2n) is 3.57. The Morgan fingerprint density at radius 1 is 1.14 bits per heavy atom. The smallest absolute Gasteiger partial charge is 0.200 e. The number of hydrogen-bond acceptors (Lipinski definition) is 4. The summed E-state index contributed by atoms with van der Waals surface area (Å²) in [6.45, 7) is 3.22. The van der Waals surface area contributed by atoms with Crippen molar-refractivity contribution in [3.8, 4) is 23.3 Å². The molecule has 74 valence electrons. The van der Waals surface area contributed by atoms with Gasteiger partial charge >= 0.3 is 0 Å². The lowest BCUT2D eigenvalue weighted by molar-refractivity contribution is 0.361. The third kappa shape index (κ3) is 1.44. The van der Waals surface area contributed by atoms with Crippen LogP contribution in [0.4, 0.5) is 0 Å². The van der Waals surface area contributed by atoms with Gasteiger partial charge in [0.2, 0.25) is 5.75 Å². The predicted octanol–water partition coefficient (Wildman–Crippen LogP) is 1.60. The molecule has 0 radical (unpaired) electrons. The molecule has 0 atom stereocenters. The molecule has 0 fully saturated rings. The van der Waals surface area contributed by atoms with E-state index in [0.717, 1.165) is 0 Å². The highest BCUT2D eigenvalue weighted by Crippen LogP contribution is 2.41. The highest BCUT2D eigenvalue weighted by atomic mass is 16.3. The second-order valence-corrected chi connectivity index (χ2v) is 3.57. The van der Waals surface area contributed by atoms with E-state index in [4.69, 9.17) is 10.4 Å². The van der Waals surface area contributed by atoms with Gasteiger partial charge in [0.15, 0.2) is 11.5 Å². The van der Waals surface area contributed by atoms with Gasteiger partial charge in [-0.15, -0.1) is 0 Å². The van der Waals surface area contributed by atoms with Gasteiger partial charge in [-0.05, 0) is 26.0 Å². The van der Waals surface area contributed by atoms with Gasteiger partial charge in [0.05, 0.1) is 11.5 Å². The van der Waals surface area contributed by atoms with Crippen LogP contribution >= 0.6 is 0 Å². The fraction of sp³-hybridized carbons (Fsp3) is 0.300. The van der Waals surface area contributed by atoms with Crippen molar-refractivity contribution in [2.24, 2.45) is 0 Å². The highest BCUT2D eigenvalue weighted by Gasteiger charge is 2.26. The Bertz CT molecular complexity index is 405. The molecular formula is C10H11NO3. The van der Waals surface area contributed by atoms with Gasteiger partial charge in [-0.25, -0.2) is 0 Å². The molecule has 0 saturated carbocycles. The van der Waals surface area contributed by atoms with Crippen LogP contribution in [0.25, 0.3) is 0 Å². The number of nitrogens with zero attached hydrogens (tertiary/aromatic N) is 1. The molecule has 1 rings (SSSR count). The van der Waals surface area contributed by atoms with Crippen molar-refractivity contribution < 1.29 is 15.3 Å². The van der Waals surface area contributed by atoms with Crippen LogP contribution in [-0.2, 0) is 5.41 Å². The molecule has 1 aromatic rings. The van der Waals surface area contributed by atoms with E-state index >= 15 is 0 Å². The number of hydrogen-bond donors (Lipinski definition) is 3. The first-order valence-electron chi connectivity index (χ1n) is 4.06. The summed E-state index contributed by atoms with van der Waals surface area (Å²) < 4.78 is 0. The van der Waals surface area contributed by atoms with E-state index < -0.39 is 22.7 Å². The monoisotopic (exact) mass is 193 g/mol. The van der Waals surface area contributed by atoms with Gasteiger partial charge in [0.25, 0.3) is 0 Å². The zero-order valence-corrected chi connectivity index (χ0v) is 7.94. The van der Waals surface area contributed by atoms with Crippen LogP contribution in [0.1, 0.15) is 19.4 Å². The molecule has 14 heavy (non-hydrogen) atoms. The molecule has 0 aromatic heterocycles. The molecule has 1 aromatic carbocycles. The number of benzene rings is 1. The van der Waals surface area contributed by atoms with Gasteiger partial charge in [-0.2, -0.15) is 5.26 Å². The van der Waals surface area contributed by atoms with E-state index in [1.54, 1.807) is 13.8 Å². The van der Waals surface area contributed by atoms with Crippen LogP contribution in [0.2, 0.25) is 0 Å². The van der Waals surface area contributed by atoms with E-state index in [9.17, 15) is 10.2 Å². The third-order valence-corrected chi connectivity index (χ3v) is 2.08. The first-order chi connectivity index (χ1) is 6.40. The summed E-state index contributed by atoms with van der Waals surface area (Å²) in [5, 5.41) is 36.6. The van der Waals surface area contributed by atoms with Crippen LogP contribution in [0.15, 0.2) is 12.1 Å². The molecule has 0 spiro atoms. The lowest BCUT2D eigenvalue weighted by Crippen LogP contribution is -2.13. The standard InChI is InChI=1S/C10H11NO3/c1-10(2,5-11)6-3-4-7(12)9(14)8(6)13/h3-4,12-14H,1-2H3. The maximum Gasteiger partial charge on any atom is 0.200 e. The molecule has 3 N–H and O–H groups in total. The fourth-order valence-electron chi connectivity index (χ4n) is 1.13. The average Bonchev–Trinajstić information content (AvgIpc) is 2.14. The molecule has 0 amide bonds. The first-order valence-corrected chi connectivity index (χ1v) is 4.06. The zero-order valence-electron chi connectivity index (χ0n) is 7.94. The maximum absolute atomic E-state index is 9.48. The molecule has 0 saturated heterocycles. The van der Waals surface area contributed by atoms with E-state index in [-0.39, 0.29) is 5.56 Å². The predicted molar refractivity (Wildman–Crippen MR) is 50.1 cm³/mol. The molecule has 0 aliphatic rings. The van der Waals surface area contributed by atoms with Crippen LogP contribution in [-0.4, -0.2) is 15.3 Å². The summed E-state index contributed by atoms with van der Waals surface area (Å²) >= 11 is 0. The summed E-state index contributed by atoms with van der Waals surface area (Å²) in [4.78, 5) is 0. The Hall–Kier alpha value is -1.89. The van der Waals surface area contributed by atoms with Crippen molar-refractivity contribution in [2.45, 2.75) is 19.3 Å². The minimum atomic E-state index is -0.907. The average molecular weight is 193 g/mol. The van der Waals surface area contributed by atoms with Gasteiger partial charge in [-0.1, -0.05) is 0 Å². The summed E-state index contributed by atoms with van der Waals surface area (Å²) in [6, 6.07) is 4.64. The van der Waals surface area contributed by atoms with Gasteiger partial charge in [0.1, 0.15) is 0 Å².